The molecule has 0 radical (unpaired) electrons. The molecule has 1 atom stereocenters. The van der Waals surface area contributed by atoms with E-state index in [0.717, 1.165) is 6.07 Å². The summed E-state index contributed by atoms with van der Waals surface area (Å²) >= 11 is 0. The van der Waals surface area contributed by atoms with Gasteiger partial charge in [0.2, 0.25) is 0 Å². The lowest BCUT2D eigenvalue weighted by molar-refractivity contribution is 0.394. The highest BCUT2D eigenvalue weighted by molar-refractivity contribution is 5.44. The van der Waals surface area contributed by atoms with Crippen molar-refractivity contribution in [2.45, 2.75) is 12.8 Å². The van der Waals surface area contributed by atoms with Gasteiger partial charge in [-0.25, -0.2) is 4.39 Å². The molecule has 4 heteroatoms. The van der Waals surface area contributed by atoms with Crippen molar-refractivity contribution in [3.05, 3.63) is 23.5 Å². The Hall–Kier alpha value is -1.76. The quantitative estimate of drug-likeness (QED) is 0.786. The zero-order valence-electron chi connectivity index (χ0n) is 7.91. The predicted molar refractivity (Wildman–Crippen MR) is 48.6 cm³/mol. The topological polar surface area (TPSA) is 53.2 Å². The van der Waals surface area contributed by atoms with Crippen LogP contribution in [0.3, 0.4) is 0 Å². The van der Waals surface area contributed by atoms with Gasteiger partial charge in [0.1, 0.15) is 17.3 Å². The van der Waals surface area contributed by atoms with E-state index in [1.165, 1.54) is 13.2 Å². The van der Waals surface area contributed by atoms with E-state index in [4.69, 9.17) is 15.1 Å². The second kappa shape index (κ2) is 3.97. The van der Waals surface area contributed by atoms with Crippen molar-refractivity contribution in [2.75, 3.05) is 7.11 Å². The standard InChI is InChI=1S/C10H10FNO2/c1-6(5-12)10-8(11)3-7(13)4-9(10)14-2/h3-4,6,13H,1-2H3. The molecule has 0 bridgehead atoms. The summed E-state index contributed by atoms with van der Waals surface area (Å²) in [5.41, 5.74) is 0.174. The number of hydrogen-bond donors (Lipinski definition) is 1. The van der Waals surface area contributed by atoms with Crippen LogP contribution < -0.4 is 4.74 Å². The summed E-state index contributed by atoms with van der Waals surface area (Å²) in [6.45, 7) is 1.57. The van der Waals surface area contributed by atoms with E-state index in [2.05, 4.69) is 0 Å². The third-order valence-electron chi connectivity index (χ3n) is 1.92. The largest absolute Gasteiger partial charge is 0.508 e. The fraction of sp³-hybridized carbons (Fsp3) is 0.300. The van der Waals surface area contributed by atoms with Crippen LogP contribution in [0.25, 0.3) is 0 Å². The van der Waals surface area contributed by atoms with Crippen LogP contribution in [0.1, 0.15) is 18.4 Å². The van der Waals surface area contributed by atoms with Gasteiger partial charge in [-0.2, -0.15) is 5.26 Å². The summed E-state index contributed by atoms with van der Waals surface area (Å²) in [7, 11) is 1.36. The number of nitriles is 1. The fourth-order valence-corrected chi connectivity index (χ4v) is 1.23. The Kier molecular flexibility index (Phi) is 2.92. The molecule has 0 saturated heterocycles. The molecular weight excluding hydrogens is 185 g/mol. The Morgan fingerprint density at radius 3 is 2.71 bits per heavy atom. The smallest absolute Gasteiger partial charge is 0.135 e. The summed E-state index contributed by atoms with van der Waals surface area (Å²) in [6.07, 6.45) is 0. The van der Waals surface area contributed by atoms with Crippen molar-refractivity contribution >= 4 is 0 Å². The Labute approximate surface area is 81.4 Å². The molecule has 1 unspecified atom stereocenters. The van der Waals surface area contributed by atoms with Gasteiger partial charge in [0.15, 0.2) is 0 Å². The number of ether oxygens (including phenoxy) is 1. The molecule has 0 fully saturated rings. The van der Waals surface area contributed by atoms with Crippen LogP contribution in [0, 0.1) is 17.1 Å². The maximum Gasteiger partial charge on any atom is 0.135 e. The molecular formula is C10H10FNO2. The third kappa shape index (κ3) is 1.77. The van der Waals surface area contributed by atoms with Gasteiger partial charge in [-0.3, -0.25) is 0 Å². The molecule has 0 aliphatic rings. The highest BCUT2D eigenvalue weighted by Crippen LogP contribution is 2.32. The Morgan fingerprint density at radius 1 is 1.57 bits per heavy atom. The minimum atomic E-state index is -0.629. The number of methoxy groups -OCH3 is 1. The monoisotopic (exact) mass is 195 g/mol. The van der Waals surface area contributed by atoms with Crippen molar-refractivity contribution in [3.8, 4) is 17.6 Å². The van der Waals surface area contributed by atoms with Gasteiger partial charge in [-0.1, -0.05) is 0 Å². The number of aromatic hydroxyl groups is 1. The Morgan fingerprint density at radius 2 is 2.21 bits per heavy atom. The summed E-state index contributed by atoms with van der Waals surface area (Å²) in [5, 5.41) is 17.8. The molecule has 0 heterocycles. The van der Waals surface area contributed by atoms with Crippen LogP contribution in [0.2, 0.25) is 0 Å². The second-order valence-electron chi connectivity index (χ2n) is 2.89. The fourth-order valence-electron chi connectivity index (χ4n) is 1.23. The van der Waals surface area contributed by atoms with Gasteiger partial charge in [0.05, 0.1) is 19.1 Å². The average Bonchev–Trinajstić information content (AvgIpc) is 2.15. The lowest BCUT2D eigenvalue weighted by Gasteiger charge is -2.11. The molecule has 0 aliphatic carbocycles. The summed E-state index contributed by atoms with van der Waals surface area (Å²) < 4.78 is 18.2. The van der Waals surface area contributed by atoms with Gasteiger partial charge in [-0.15, -0.1) is 0 Å². The highest BCUT2D eigenvalue weighted by Gasteiger charge is 2.17. The SMILES string of the molecule is COc1cc(O)cc(F)c1C(C)C#N. The molecule has 1 rings (SSSR count). The third-order valence-corrected chi connectivity index (χ3v) is 1.92. The zero-order valence-corrected chi connectivity index (χ0v) is 7.91. The first kappa shape index (κ1) is 10.3. The van der Waals surface area contributed by atoms with Gasteiger partial charge >= 0.3 is 0 Å². The first-order chi connectivity index (χ1) is 6.60. The number of halogens is 1. The Bertz CT molecular complexity index is 384. The van der Waals surface area contributed by atoms with Crippen molar-refractivity contribution in [1.82, 2.24) is 0 Å². The molecule has 1 aromatic rings. The van der Waals surface area contributed by atoms with Crippen molar-refractivity contribution < 1.29 is 14.2 Å². The molecule has 1 aromatic carbocycles. The first-order valence-corrected chi connectivity index (χ1v) is 4.06. The van der Waals surface area contributed by atoms with Crippen LogP contribution in [0.5, 0.6) is 11.5 Å². The molecule has 0 aromatic heterocycles. The van der Waals surface area contributed by atoms with E-state index in [1.807, 2.05) is 6.07 Å². The van der Waals surface area contributed by atoms with E-state index in [1.54, 1.807) is 6.92 Å². The first-order valence-electron chi connectivity index (χ1n) is 4.06. The predicted octanol–water partition coefficient (Wildman–Crippen LogP) is 2.17. The molecule has 3 nitrogen and oxygen atoms in total. The van der Waals surface area contributed by atoms with Crippen molar-refractivity contribution in [3.63, 3.8) is 0 Å². The minimum Gasteiger partial charge on any atom is -0.508 e. The molecule has 0 spiro atoms. The molecule has 1 N–H and O–H groups in total. The van der Waals surface area contributed by atoms with Gasteiger partial charge < -0.3 is 9.84 Å². The van der Waals surface area contributed by atoms with Crippen LogP contribution in [-0.2, 0) is 0 Å². The molecule has 74 valence electrons. The number of benzene rings is 1. The lowest BCUT2D eigenvalue weighted by atomic mass is 10.0. The number of rotatable bonds is 2. The summed E-state index contributed by atoms with van der Waals surface area (Å²) in [5.74, 6) is -1.26. The number of phenols is 1. The van der Waals surface area contributed by atoms with Crippen LogP contribution in [0.4, 0.5) is 4.39 Å². The second-order valence-corrected chi connectivity index (χ2v) is 2.89. The van der Waals surface area contributed by atoms with Gasteiger partial charge in [0, 0.05) is 17.7 Å². The molecule has 0 saturated carbocycles. The maximum absolute atomic E-state index is 13.3. The van der Waals surface area contributed by atoms with Crippen LogP contribution in [0.15, 0.2) is 12.1 Å². The van der Waals surface area contributed by atoms with Gasteiger partial charge in [0.25, 0.3) is 0 Å². The number of hydrogen-bond acceptors (Lipinski definition) is 3. The number of nitrogens with zero attached hydrogens (tertiary/aromatic N) is 1. The molecule has 0 aliphatic heterocycles. The van der Waals surface area contributed by atoms with Crippen LogP contribution in [-0.4, -0.2) is 12.2 Å². The normalized spacial score (nSPS) is 11.9. The van der Waals surface area contributed by atoms with Crippen LogP contribution >= 0.6 is 0 Å². The van der Waals surface area contributed by atoms with Crippen molar-refractivity contribution in [2.24, 2.45) is 0 Å². The van der Waals surface area contributed by atoms with Crippen molar-refractivity contribution in [1.29, 1.82) is 5.26 Å². The molecule has 0 amide bonds. The van der Waals surface area contributed by atoms with Gasteiger partial charge in [-0.05, 0) is 6.92 Å². The number of phenolic OH excluding ortho intramolecular Hbond substituents is 1. The minimum absolute atomic E-state index is 0.174. The zero-order chi connectivity index (χ0) is 10.7. The summed E-state index contributed by atoms with van der Waals surface area (Å²) in [4.78, 5) is 0. The highest BCUT2D eigenvalue weighted by atomic mass is 19.1. The summed E-state index contributed by atoms with van der Waals surface area (Å²) in [6, 6.07) is 4.16. The lowest BCUT2D eigenvalue weighted by Crippen LogP contribution is -1.99. The van der Waals surface area contributed by atoms with E-state index < -0.39 is 11.7 Å². The van der Waals surface area contributed by atoms with E-state index >= 15 is 0 Å². The van der Waals surface area contributed by atoms with E-state index in [9.17, 15) is 4.39 Å². The Balaban J connectivity index is 3.34. The van der Waals surface area contributed by atoms with E-state index in [-0.39, 0.29) is 17.1 Å². The maximum atomic E-state index is 13.3. The average molecular weight is 195 g/mol. The van der Waals surface area contributed by atoms with E-state index in [0.29, 0.717) is 0 Å². The molecule has 14 heavy (non-hydrogen) atoms.